The van der Waals surface area contributed by atoms with Crippen molar-refractivity contribution in [2.24, 2.45) is 0 Å². The molecule has 0 saturated carbocycles. The van der Waals surface area contributed by atoms with Gasteiger partial charge in [0.25, 0.3) is 5.91 Å². The number of likely N-dealkylation sites (tertiary alicyclic amines) is 1. The molecule has 0 aliphatic carbocycles. The number of carbonyl (C=O) groups excluding carboxylic acids is 1. The Balaban J connectivity index is 1.63. The van der Waals surface area contributed by atoms with Gasteiger partial charge in [-0.25, -0.2) is 13.8 Å². The molecule has 0 radical (unpaired) electrons. The summed E-state index contributed by atoms with van der Waals surface area (Å²) in [5, 5.41) is 10.0. The van der Waals surface area contributed by atoms with Crippen molar-refractivity contribution in [1.82, 2.24) is 14.5 Å². The summed E-state index contributed by atoms with van der Waals surface area (Å²) >= 11 is 0. The maximum atomic E-state index is 13.6. The average Bonchev–Trinajstić information content (AvgIpc) is 3.20. The van der Waals surface area contributed by atoms with E-state index in [1.807, 2.05) is 4.57 Å². The summed E-state index contributed by atoms with van der Waals surface area (Å²) < 4.78 is 28.8. The molecule has 1 aromatic heterocycles. The smallest absolute Gasteiger partial charge is 0.274 e. The van der Waals surface area contributed by atoms with Gasteiger partial charge in [-0.3, -0.25) is 4.79 Å². The minimum Gasteiger partial charge on any atom is -0.391 e. The van der Waals surface area contributed by atoms with Crippen molar-refractivity contribution in [3.05, 3.63) is 53.1 Å². The highest BCUT2D eigenvalue weighted by Crippen LogP contribution is 2.34. The number of amides is 1. The van der Waals surface area contributed by atoms with Crippen LogP contribution in [0.1, 0.15) is 47.2 Å². The van der Waals surface area contributed by atoms with Crippen LogP contribution in [-0.2, 0) is 13.0 Å². The van der Waals surface area contributed by atoms with Gasteiger partial charge in [0, 0.05) is 25.7 Å². The van der Waals surface area contributed by atoms with Crippen LogP contribution in [0.5, 0.6) is 0 Å². The predicted octanol–water partition coefficient (Wildman–Crippen LogP) is 2.45. The lowest BCUT2D eigenvalue weighted by Gasteiger charge is -2.24. The molecule has 1 amide bonds. The fraction of sp³-hybridized carbons (Fsp3) is 0.444. The van der Waals surface area contributed by atoms with E-state index in [1.54, 1.807) is 6.20 Å². The second-order valence-electron chi connectivity index (χ2n) is 6.73. The highest BCUT2D eigenvalue weighted by Gasteiger charge is 2.37. The van der Waals surface area contributed by atoms with Crippen LogP contribution in [-0.4, -0.2) is 38.1 Å². The highest BCUT2D eigenvalue weighted by atomic mass is 19.2. The molecule has 1 fully saturated rings. The SMILES string of the molecule is O=C(c1cn2c(n1)CCCC2)N1C[C@@H](O)C[C@@H]1c1ccc(F)c(F)c1. The molecule has 2 aromatic rings. The number of β-amino-alcohol motifs (C(OH)–C–C–N with tert-alkyl or cyclic N) is 1. The van der Waals surface area contributed by atoms with Crippen LogP contribution < -0.4 is 0 Å². The van der Waals surface area contributed by atoms with E-state index in [0.717, 1.165) is 43.8 Å². The topological polar surface area (TPSA) is 58.4 Å². The van der Waals surface area contributed by atoms with E-state index >= 15 is 0 Å². The van der Waals surface area contributed by atoms with E-state index in [0.29, 0.717) is 17.7 Å². The minimum atomic E-state index is -0.955. The Kier molecular flexibility index (Phi) is 4.03. The lowest BCUT2D eigenvalue weighted by atomic mass is 10.0. The van der Waals surface area contributed by atoms with Crippen LogP contribution in [0.2, 0.25) is 0 Å². The van der Waals surface area contributed by atoms with Gasteiger partial charge < -0.3 is 14.6 Å². The molecular weight excluding hydrogens is 328 g/mol. The van der Waals surface area contributed by atoms with Gasteiger partial charge in [-0.1, -0.05) is 6.07 Å². The fourth-order valence-corrected chi connectivity index (χ4v) is 3.74. The van der Waals surface area contributed by atoms with E-state index in [2.05, 4.69) is 4.98 Å². The summed E-state index contributed by atoms with van der Waals surface area (Å²) in [5.41, 5.74) is 0.825. The van der Waals surface area contributed by atoms with Crippen LogP contribution in [0.4, 0.5) is 8.78 Å². The Labute approximate surface area is 143 Å². The monoisotopic (exact) mass is 347 g/mol. The van der Waals surface area contributed by atoms with Crippen molar-refractivity contribution >= 4 is 5.91 Å². The first-order valence-corrected chi connectivity index (χ1v) is 8.53. The number of benzene rings is 1. The first-order valence-electron chi connectivity index (χ1n) is 8.53. The standard InChI is InChI=1S/C18H19F2N3O2/c19-13-5-4-11(7-14(13)20)16-8-12(24)9-23(16)18(25)15-10-22-6-2-1-3-17(22)21-15/h4-5,7,10,12,16,24H,1-3,6,8-9H2/t12-,16+/m0/s1. The van der Waals surface area contributed by atoms with Gasteiger partial charge >= 0.3 is 0 Å². The Bertz CT molecular complexity index is 797. The largest absolute Gasteiger partial charge is 0.391 e. The van der Waals surface area contributed by atoms with E-state index in [4.69, 9.17) is 0 Å². The van der Waals surface area contributed by atoms with Gasteiger partial charge in [0.1, 0.15) is 11.5 Å². The van der Waals surface area contributed by atoms with Gasteiger partial charge in [-0.15, -0.1) is 0 Å². The molecule has 132 valence electrons. The Morgan fingerprint density at radius 1 is 1.24 bits per heavy atom. The second kappa shape index (κ2) is 6.22. The number of imidazole rings is 1. The van der Waals surface area contributed by atoms with Crippen LogP contribution in [0, 0.1) is 11.6 Å². The van der Waals surface area contributed by atoms with Gasteiger partial charge in [-0.05, 0) is 37.0 Å². The number of aliphatic hydroxyl groups is 1. The molecule has 1 saturated heterocycles. The molecule has 1 N–H and O–H groups in total. The number of rotatable bonds is 2. The number of hydrogen-bond donors (Lipinski definition) is 1. The predicted molar refractivity (Wildman–Crippen MR) is 85.9 cm³/mol. The number of aromatic nitrogens is 2. The molecule has 1 aromatic carbocycles. The molecule has 2 aliphatic rings. The summed E-state index contributed by atoms with van der Waals surface area (Å²) in [5.74, 6) is -1.27. The number of nitrogens with zero attached hydrogens (tertiary/aromatic N) is 3. The molecule has 7 heteroatoms. The molecular formula is C18H19F2N3O2. The number of fused-ring (bicyclic) bond motifs is 1. The Hall–Kier alpha value is -2.28. The van der Waals surface area contributed by atoms with Crippen LogP contribution in [0.3, 0.4) is 0 Å². The maximum Gasteiger partial charge on any atom is 0.274 e. The quantitative estimate of drug-likeness (QED) is 0.908. The average molecular weight is 347 g/mol. The summed E-state index contributed by atoms with van der Waals surface area (Å²) in [4.78, 5) is 18.9. The summed E-state index contributed by atoms with van der Waals surface area (Å²) in [6.07, 6.45) is 4.33. The lowest BCUT2D eigenvalue weighted by molar-refractivity contribution is 0.0710. The summed E-state index contributed by atoms with van der Waals surface area (Å²) in [7, 11) is 0. The van der Waals surface area contributed by atoms with E-state index in [9.17, 15) is 18.7 Å². The molecule has 5 nitrogen and oxygen atoms in total. The van der Waals surface area contributed by atoms with Crippen LogP contribution in [0.25, 0.3) is 0 Å². The van der Waals surface area contributed by atoms with Crippen LogP contribution >= 0.6 is 0 Å². The van der Waals surface area contributed by atoms with Crippen molar-refractivity contribution in [3.8, 4) is 0 Å². The molecule has 0 spiro atoms. The molecule has 3 heterocycles. The zero-order valence-electron chi connectivity index (χ0n) is 13.7. The third-order valence-corrected chi connectivity index (χ3v) is 5.00. The van der Waals surface area contributed by atoms with E-state index in [-0.39, 0.29) is 12.5 Å². The lowest BCUT2D eigenvalue weighted by Crippen LogP contribution is -2.32. The number of aliphatic hydroxyl groups excluding tert-OH is 1. The van der Waals surface area contributed by atoms with E-state index in [1.165, 1.54) is 11.0 Å². The van der Waals surface area contributed by atoms with Gasteiger partial charge in [0.2, 0.25) is 0 Å². The molecule has 2 aliphatic heterocycles. The number of hydrogen-bond acceptors (Lipinski definition) is 3. The molecule has 2 atom stereocenters. The molecule has 0 unspecified atom stereocenters. The normalized spacial score (nSPS) is 22.9. The first-order chi connectivity index (χ1) is 12.0. The highest BCUT2D eigenvalue weighted by molar-refractivity contribution is 5.92. The number of carbonyl (C=O) groups is 1. The van der Waals surface area contributed by atoms with Gasteiger partial charge in [0.15, 0.2) is 11.6 Å². The van der Waals surface area contributed by atoms with Crippen molar-refractivity contribution < 1.29 is 18.7 Å². The van der Waals surface area contributed by atoms with Gasteiger partial charge in [0.05, 0.1) is 12.1 Å². The third kappa shape index (κ3) is 2.93. The zero-order chi connectivity index (χ0) is 17.6. The van der Waals surface area contributed by atoms with Crippen molar-refractivity contribution in [3.63, 3.8) is 0 Å². The summed E-state index contributed by atoms with van der Waals surface area (Å²) in [6.45, 7) is 1.01. The molecule has 4 rings (SSSR count). The van der Waals surface area contributed by atoms with Gasteiger partial charge in [-0.2, -0.15) is 0 Å². The Morgan fingerprint density at radius 2 is 2.08 bits per heavy atom. The zero-order valence-corrected chi connectivity index (χ0v) is 13.7. The molecule has 0 bridgehead atoms. The Morgan fingerprint density at radius 3 is 2.84 bits per heavy atom. The number of aryl methyl sites for hydroxylation is 2. The van der Waals surface area contributed by atoms with Crippen molar-refractivity contribution in [2.45, 2.75) is 44.4 Å². The van der Waals surface area contributed by atoms with Crippen molar-refractivity contribution in [2.75, 3.05) is 6.54 Å². The second-order valence-corrected chi connectivity index (χ2v) is 6.73. The molecule has 25 heavy (non-hydrogen) atoms. The number of halogens is 2. The third-order valence-electron chi connectivity index (χ3n) is 5.00. The fourth-order valence-electron chi connectivity index (χ4n) is 3.74. The maximum absolute atomic E-state index is 13.6. The van der Waals surface area contributed by atoms with E-state index < -0.39 is 23.8 Å². The summed E-state index contributed by atoms with van der Waals surface area (Å²) in [6, 6.07) is 3.11. The minimum absolute atomic E-state index is 0.157. The van der Waals surface area contributed by atoms with Crippen molar-refractivity contribution in [1.29, 1.82) is 0 Å². The first kappa shape index (κ1) is 16.2. The van der Waals surface area contributed by atoms with Crippen LogP contribution in [0.15, 0.2) is 24.4 Å².